The minimum Gasteiger partial charge on any atom is -0.378 e. The first-order valence-electron chi connectivity index (χ1n) is 7.67. The topological polar surface area (TPSA) is 72.4 Å². The molecule has 0 spiro atoms. The third-order valence-electron chi connectivity index (χ3n) is 3.94. The van der Waals surface area contributed by atoms with Crippen LogP contribution in [-0.2, 0) is 21.2 Å². The van der Waals surface area contributed by atoms with E-state index in [9.17, 15) is 12.8 Å². The molecule has 2 aromatic rings. The SMILES string of the molecule is O=S(=O)(c1ccc(F)cc1)N1CCOC[C@@H]1CCc1cnccn1. The van der Waals surface area contributed by atoms with Crippen molar-refractivity contribution in [1.82, 2.24) is 14.3 Å². The molecule has 0 bridgehead atoms. The summed E-state index contributed by atoms with van der Waals surface area (Å²) >= 11 is 0. The van der Waals surface area contributed by atoms with Gasteiger partial charge in [-0.05, 0) is 37.1 Å². The predicted octanol–water partition coefficient (Wildman–Crippen LogP) is 1.64. The second-order valence-corrected chi connectivity index (χ2v) is 7.42. The minimum atomic E-state index is -3.68. The van der Waals surface area contributed by atoms with Crippen LogP contribution in [0, 0.1) is 5.82 Å². The van der Waals surface area contributed by atoms with Gasteiger partial charge in [-0.2, -0.15) is 4.31 Å². The summed E-state index contributed by atoms with van der Waals surface area (Å²) in [7, 11) is -3.68. The molecule has 0 radical (unpaired) electrons. The van der Waals surface area contributed by atoms with Gasteiger partial charge in [0.25, 0.3) is 0 Å². The van der Waals surface area contributed by atoms with Crippen molar-refractivity contribution in [2.45, 2.75) is 23.8 Å². The maximum Gasteiger partial charge on any atom is 0.243 e. The quantitative estimate of drug-likeness (QED) is 0.819. The number of hydrogen-bond donors (Lipinski definition) is 0. The van der Waals surface area contributed by atoms with Crippen molar-refractivity contribution in [3.63, 3.8) is 0 Å². The lowest BCUT2D eigenvalue weighted by Crippen LogP contribution is -2.48. The summed E-state index contributed by atoms with van der Waals surface area (Å²) in [5, 5.41) is 0. The van der Waals surface area contributed by atoms with Gasteiger partial charge in [0.05, 0.1) is 23.8 Å². The maximum atomic E-state index is 13.1. The fourth-order valence-electron chi connectivity index (χ4n) is 2.70. The number of sulfonamides is 1. The molecule has 0 unspecified atom stereocenters. The molecule has 1 fully saturated rings. The van der Waals surface area contributed by atoms with Gasteiger partial charge in [0.15, 0.2) is 0 Å². The first kappa shape index (κ1) is 16.9. The molecule has 1 atom stereocenters. The summed E-state index contributed by atoms with van der Waals surface area (Å²) in [5.74, 6) is -0.463. The molecule has 1 aliphatic heterocycles. The first-order valence-corrected chi connectivity index (χ1v) is 9.11. The van der Waals surface area contributed by atoms with Crippen molar-refractivity contribution < 1.29 is 17.5 Å². The largest absolute Gasteiger partial charge is 0.378 e. The molecular weight excluding hydrogens is 333 g/mol. The van der Waals surface area contributed by atoms with E-state index in [1.807, 2.05) is 0 Å². The van der Waals surface area contributed by atoms with Crippen LogP contribution in [-0.4, -0.2) is 48.5 Å². The van der Waals surface area contributed by atoms with Crippen molar-refractivity contribution in [3.8, 4) is 0 Å². The Labute approximate surface area is 140 Å². The first-order chi connectivity index (χ1) is 11.6. The normalized spacial score (nSPS) is 19.3. The number of aromatic nitrogens is 2. The molecule has 0 saturated carbocycles. The lowest BCUT2D eigenvalue weighted by molar-refractivity contribution is 0.0297. The van der Waals surface area contributed by atoms with Crippen molar-refractivity contribution in [2.24, 2.45) is 0 Å². The number of ether oxygens (including phenoxy) is 1. The molecule has 1 aliphatic rings. The van der Waals surface area contributed by atoms with Gasteiger partial charge in [0.2, 0.25) is 10.0 Å². The molecule has 0 amide bonds. The van der Waals surface area contributed by atoms with Crippen LogP contribution in [0.5, 0.6) is 0 Å². The predicted molar refractivity (Wildman–Crippen MR) is 85.3 cm³/mol. The average Bonchev–Trinajstić information content (AvgIpc) is 2.61. The van der Waals surface area contributed by atoms with Crippen LogP contribution < -0.4 is 0 Å². The van der Waals surface area contributed by atoms with E-state index in [4.69, 9.17) is 4.74 Å². The van der Waals surface area contributed by atoms with Gasteiger partial charge in [-0.1, -0.05) is 0 Å². The Hall–Kier alpha value is -1.90. The lowest BCUT2D eigenvalue weighted by atomic mass is 10.1. The smallest absolute Gasteiger partial charge is 0.243 e. The molecule has 0 aliphatic carbocycles. The van der Waals surface area contributed by atoms with Crippen molar-refractivity contribution >= 4 is 10.0 Å². The maximum absolute atomic E-state index is 13.1. The van der Waals surface area contributed by atoms with E-state index in [1.54, 1.807) is 18.6 Å². The average molecular weight is 351 g/mol. The van der Waals surface area contributed by atoms with Crippen molar-refractivity contribution in [2.75, 3.05) is 19.8 Å². The summed E-state index contributed by atoms with van der Waals surface area (Å²) in [4.78, 5) is 8.31. The van der Waals surface area contributed by atoms with Gasteiger partial charge in [0, 0.05) is 31.2 Å². The van der Waals surface area contributed by atoms with Crippen LogP contribution in [0.1, 0.15) is 12.1 Å². The Bertz CT molecular complexity index is 769. The van der Waals surface area contributed by atoms with E-state index in [-0.39, 0.29) is 17.5 Å². The number of hydrogen-bond acceptors (Lipinski definition) is 5. The van der Waals surface area contributed by atoms with E-state index >= 15 is 0 Å². The Balaban J connectivity index is 1.77. The second kappa shape index (κ2) is 7.33. The molecule has 128 valence electrons. The Morgan fingerprint density at radius 2 is 2.04 bits per heavy atom. The van der Waals surface area contributed by atoms with E-state index in [1.165, 1.54) is 16.4 Å². The van der Waals surface area contributed by atoms with E-state index in [0.717, 1.165) is 17.8 Å². The van der Waals surface area contributed by atoms with Crippen LogP contribution in [0.4, 0.5) is 4.39 Å². The van der Waals surface area contributed by atoms with Crippen LogP contribution in [0.2, 0.25) is 0 Å². The molecule has 1 saturated heterocycles. The summed E-state index contributed by atoms with van der Waals surface area (Å²) in [5.41, 5.74) is 0.808. The summed E-state index contributed by atoms with van der Waals surface area (Å²) in [6.45, 7) is 0.966. The van der Waals surface area contributed by atoms with Crippen LogP contribution >= 0.6 is 0 Å². The zero-order chi connectivity index (χ0) is 17.0. The molecule has 8 heteroatoms. The highest BCUT2D eigenvalue weighted by molar-refractivity contribution is 7.89. The highest BCUT2D eigenvalue weighted by atomic mass is 32.2. The van der Waals surface area contributed by atoms with E-state index < -0.39 is 15.8 Å². The molecule has 2 heterocycles. The van der Waals surface area contributed by atoms with Crippen LogP contribution in [0.3, 0.4) is 0 Å². The number of rotatable bonds is 5. The molecular formula is C16H18FN3O3S. The standard InChI is InChI=1S/C16H18FN3O3S/c17-13-1-5-16(6-2-13)24(21,22)20-9-10-23-12-15(20)4-3-14-11-18-7-8-19-14/h1-2,5-8,11,15H,3-4,9-10,12H2/t15-/m0/s1. The Morgan fingerprint density at radius 3 is 2.75 bits per heavy atom. The number of halogens is 1. The fourth-order valence-corrected chi connectivity index (χ4v) is 4.32. The molecule has 1 aromatic heterocycles. The summed E-state index contributed by atoms with van der Waals surface area (Å²) in [6.07, 6.45) is 6.07. The van der Waals surface area contributed by atoms with Gasteiger partial charge in [-0.15, -0.1) is 0 Å². The number of benzene rings is 1. The molecule has 3 rings (SSSR count). The Kier molecular flexibility index (Phi) is 5.17. The van der Waals surface area contributed by atoms with Gasteiger partial charge in [-0.25, -0.2) is 12.8 Å². The van der Waals surface area contributed by atoms with E-state index in [0.29, 0.717) is 26.1 Å². The number of morpholine rings is 1. The summed E-state index contributed by atoms with van der Waals surface area (Å²) < 4.78 is 45.6. The van der Waals surface area contributed by atoms with Crippen molar-refractivity contribution in [1.29, 1.82) is 0 Å². The van der Waals surface area contributed by atoms with Gasteiger partial charge < -0.3 is 4.74 Å². The third-order valence-corrected chi connectivity index (χ3v) is 5.91. The third kappa shape index (κ3) is 3.77. The van der Waals surface area contributed by atoms with Crippen LogP contribution in [0.15, 0.2) is 47.8 Å². The van der Waals surface area contributed by atoms with Gasteiger partial charge in [-0.3, -0.25) is 9.97 Å². The second-order valence-electron chi connectivity index (χ2n) is 5.53. The molecule has 0 N–H and O–H groups in total. The van der Waals surface area contributed by atoms with Gasteiger partial charge in [0.1, 0.15) is 5.82 Å². The monoisotopic (exact) mass is 351 g/mol. The highest BCUT2D eigenvalue weighted by Gasteiger charge is 2.33. The van der Waals surface area contributed by atoms with Crippen molar-refractivity contribution in [3.05, 3.63) is 54.4 Å². The zero-order valence-electron chi connectivity index (χ0n) is 13.0. The number of aryl methyl sites for hydroxylation is 1. The molecule has 1 aromatic carbocycles. The summed E-state index contributed by atoms with van der Waals surface area (Å²) in [6, 6.07) is 4.61. The van der Waals surface area contributed by atoms with Crippen LogP contribution in [0.25, 0.3) is 0 Å². The zero-order valence-corrected chi connectivity index (χ0v) is 13.8. The lowest BCUT2D eigenvalue weighted by Gasteiger charge is -2.34. The fraction of sp³-hybridized carbons (Fsp3) is 0.375. The van der Waals surface area contributed by atoms with E-state index in [2.05, 4.69) is 9.97 Å². The Morgan fingerprint density at radius 1 is 1.25 bits per heavy atom. The molecule has 6 nitrogen and oxygen atoms in total. The minimum absolute atomic E-state index is 0.0929. The number of nitrogens with zero attached hydrogens (tertiary/aromatic N) is 3. The van der Waals surface area contributed by atoms with Gasteiger partial charge >= 0.3 is 0 Å². The highest BCUT2D eigenvalue weighted by Crippen LogP contribution is 2.23. The molecule has 24 heavy (non-hydrogen) atoms.